The number of para-hydroxylation sites is 1. The number of hydrogen-bond acceptors (Lipinski definition) is 3. The molecule has 2 aromatic heterocycles. The van der Waals surface area contributed by atoms with Gasteiger partial charge in [-0.3, -0.25) is 0 Å². The van der Waals surface area contributed by atoms with E-state index < -0.39 is 0 Å². The molecule has 0 aliphatic heterocycles. The van der Waals surface area contributed by atoms with Crippen LogP contribution in [0.4, 0.5) is 17.1 Å². The Kier molecular flexibility index (Phi) is 7.75. The van der Waals surface area contributed by atoms with Crippen molar-refractivity contribution in [2.24, 2.45) is 0 Å². The lowest BCUT2D eigenvalue weighted by Gasteiger charge is -2.29. The Morgan fingerprint density at radius 2 is 0.966 bits per heavy atom. The second kappa shape index (κ2) is 13.6. The Morgan fingerprint density at radius 3 is 1.76 bits per heavy atom. The summed E-state index contributed by atoms with van der Waals surface area (Å²) in [6.07, 6.45) is 0. The number of furan rings is 1. The Balaban J connectivity index is 1.13. The highest BCUT2D eigenvalue weighted by Crippen LogP contribution is 2.51. The van der Waals surface area contributed by atoms with Gasteiger partial charge in [0.15, 0.2) is 0 Å². The van der Waals surface area contributed by atoms with Crippen molar-refractivity contribution in [2.75, 3.05) is 4.90 Å². The highest BCUT2D eigenvalue weighted by molar-refractivity contribution is 7.26. The molecule has 0 saturated carbocycles. The third kappa shape index (κ3) is 5.47. The van der Waals surface area contributed by atoms with Crippen LogP contribution in [0.1, 0.15) is 0 Å². The number of anilines is 3. The minimum Gasteiger partial charge on any atom is -0.456 e. The highest BCUT2D eigenvalue weighted by Gasteiger charge is 2.24. The second-order valence-electron chi connectivity index (χ2n) is 15.2. The van der Waals surface area contributed by atoms with Crippen molar-refractivity contribution >= 4 is 92.1 Å². The average Bonchev–Trinajstić information content (AvgIpc) is 3.88. The van der Waals surface area contributed by atoms with Gasteiger partial charge in [-0.25, -0.2) is 0 Å². The molecule has 0 bridgehead atoms. The van der Waals surface area contributed by atoms with E-state index in [1.807, 2.05) is 23.5 Å². The Bertz CT molecular complexity index is 3540. The van der Waals surface area contributed by atoms with Crippen LogP contribution >= 0.6 is 11.3 Å². The van der Waals surface area contributed by atoms with E-state index in [4.69, 9.17) is 4.42 Å². The zero-order valence-electron chi connectivity index (χ0n) is 32.0. The van der Waals surface area contributed by atoms with Crippen molar-refractivity contribution < 1.29 is 4.42 Å². The molecule has 0 saturated heterocycles. The Morgan fingerprint density at radius 1 is 0.356 bits per heavy atom. The molecule has 12 aromatic rings. The summed E-state index contributed by atoms with van der Waals surface area (Å²) >= 11 is 1.87. The van der Waals surface area contributed by atoms with Gasteiger partial charge in [-0.1, -0.05) is 152 Å². The first-order valence-corrected chi connectivity index (χ1v) is 20.9. The lowest BCUT2D eigenvalue weighted by atomic mass is 9.89. The zero-order chi connectivity index (χ0) is 38.9. The number of fused-ring (bicyclic) bond motifs is 9. The standard InChI is InChI=1S/C56H35NOS/c1-2-13-36(14-3-1)37-25-29-40(30-26-37)57(41-31-27-38(28-32-41)43-21-12-23-51-54(43)46-19-8-10-22-50(46)58-51)49-33-34-53-56(47-20-9-11-24-52(47)59-53)55(49)48-35-39-15-4-5-16-42(39)44-17-6-7-18-45(44)48/h1-35H. The SMILES string of the molecule is c1ccc(-c2ccc(N(c3ccc(-c4cccc5oc6ccccc6c45)cc3)c3ccc4sc5ccccc5c4c3-c3cc4ccccc4c4ccccc34)cc2)cc1. The molecule has 0 radical (unpaired) electrons. The predicted molar refractivity (Wildman–Crippen MR) is 253 cm³/mol. The number of benzene rings is 10. The van der Waals surface area contributed by atoms with Crippen molar-refractivity contribution in [2.45, 2.75) is 0 Å². The maximum absolute atomic E-state index is 6.30. The maximum Gasteiger partial charge on any atom is 0.136 e. The van der Waals surface area contributed by atoms with Gasteiger partial charge in [-0.15, -0.1) is 11.3 Å². The molecule has 0 N–H and O–H groups in total. The van der Waals surface area contributed by atoms with Gasteiger partial charge in [0, 0.05) is 47.9 Å². The fourth-order valence-electron chi connectivity index (χ4n) is 9.19. The van der Waals surface area contributed by atoms with Gasteiger partial charge in [-0.05, 0) is 110 Å². The molecule has 0 unspecified atom stereocenters. The lowest BCUT2D eigenvalue weighted by Crippen LogP contribution is -2.11. The molecule has 0 aliphatic rings. The van der Waals surface area contributed by atoms with E-state index in [0.717, 1.165) is 50.1 Å². The van der Waals surface area contributed by atoms with Crippen LogP contribution in [0.5, 0.6) is 0 Å². The molecule has 2 nitrogen and oxygen atoms in total. The van der Waals surface area contributed by atoms with Crippen molar-refractivity contribution in [3.8, 4) is 33.4 Å². The molecule has 0 spiro atoms. The van der Waals surface area contributed by atoms with Crippen LogP contribution in [0.3, 0.4) is 0 Å². The summed E-state index contributed by atoms with van der Waals surface area (Å²) < 4.78 is 8.86. The van der Waals surface area contributed by atoms with Crippen LogP contribution in [-0.2, 0) is 0 Å². The van der Waals surface area contributed by atoms with Crippen molar-refractivity contribution in [1.29, 1.82) is 0 Å². The maximum atomic E-state index is 6.30. The minimum absolute atomic E-state index is 0.899. The molecule has 0 atom stereocenters. The van der Waals surface area contributed by atoms with Gasteiger partial charge in [-0.2, -0.15) is 0 Å². The zero-order valence-corrected chi connectivity index (χ0v) is 32.8. The van der Waals surface area contributed by atoms with Crippen molar-refractivity contribution in [3.63, 3.8) is 0 Å². The van der Waals surface area contributed by atoms with Gasteiger partial charge < -0.3 is 9.32 Å². The first-order chi connectivity index (χ1) is 29.3. The van der Waals surface area contributed by atoms with Crippen molar-refractivity contribution in [1.82, 2.24) is 0 Å². The first-order valence-electron chi connectivity index (χ1n) is 20.1. The van der Waals surface area contributed by atoms with Crippen LogP contribution in [0.25, 0.3) is 97.0 Å². The van der Waals surface area contributed by atoms with E-state index in [0.29, 0.717) is 0 Å². The first kappa shape index (κ1) is 33.7. The Labute approximate surface area is 345 Å². The van der Waals surface area contributed by atoms with E-state index in [9.17, 15) is 0 Å². The second-order valence-corrected chi connectivity index (χ2v) is 16.3. The Hall–Kier alpha value is -7.46. The fraction of sp³-hybridized carbons (Fsp3) is 0. The lowest BCUT2D eigenvalue weighted by molar-refractivity contribution is 0.669. The molecule has 3 heteroatoms. The smallest absolute Gasteiger partial charge is 0.136 e. The van der Waals surface area contributed by atoms with Crippen LogP contribution in [0, 0.1) is 0 Å². The van der Waals surface area contributed by atoms with E-state index in [-0.39, 0.29) is 0 Å². The molecular formula is C56H35NOS. The summed E-state index contributed by atoms with van der Waals surface area (Å²) in [6.45, 7) is 0. The summed E-state index contributed by atoms with van der Waals surface area (Å²) in [5.74, 6) is 0. The largest absolute Gasteiger partial charge is 0.456 e. The quantitative estimate of drug-likeness (QED) is 0.157. The molecule has 2 heterocycles. The fourth-order valence-corrected chi connectivity index (χ4v) is 10.3. The van der Waals surface area contributed by atoms with Gasteiger partial charge >= 0.3 is 0 Å². The third-order valence-electron chi connectivity index (χ3n) is 11.9. The van der Waals surface area contributed by atoms with E-state index in [2.05, 4.69) is 205 Å². The van der Waals surface area contributed by atoms with Gasteiger partial charge in [0.2, 0.25) is 0 Å². The van der Waals surface area contributed by atoms with E-state index in [1.54, 1.807) is 0 Å². The molecule has 0 amide bonds. The topological polar surface area (TPSA) is 16.4 Å². The van der Waals surface area contributed by atoms with E-state index >= 15 is 0 Å². The predicted octanol–water partition coefficient (Wildman–Crippen LogP) is 16.7. The van der Waals surface area contributed by atoms with Crippen LogP contribution in [0.2, 0.25) is 0 Å². The number of rotatable bonds is 6. The van der Waals surface area contributed by atoms with Crippen molar-refractivity contribution in [3.05, 3.63) is 212 Å². The molecule has 276 valence electrons. The summed E-state index contributed by atoms with van der Waals surface area (Å²) in [5.41, 5.74) is 12.2. The van der Waals surface area contributed by atoms with Crippen LogP contribution < -0.4 is 4.90 Å². The molecule has 10 aromatic carbocycles. The van der Waals surface area contributed by atoms with E-state index in [1.165, 1.54) is 64.0 Å². The molecule has 59 heavy (non-hydrogen) atoms. The van der Waals surface area contributed by atoms with Gasteiger partial charge in [0.25, 0.3) is 0 Å². The van der Waals surface area contributed by atoms with Crippen LogP contribution in [-0.4, -0.2) is 0 Å². The number of thiophene rings is 1. The number of hydrogen-bond donors (Lipinski definition) is 0. The summed E-state index contributed by atoms with van der Waals surface area (Å²) in [7, 11) is 0. The monoisotopic (exact) mass is 769 g/mol. The molecular weight excluding hydrogens is 735 g/mol. The third-order valence-corrected chi connectivity index (χ3v) is 13.0. The average molecular weight is 770 g/mol. The molecule has 0 aliphatic carbocycles. The normalized spacial score (nSPS) is 11.7. The highest BCUT2D eigenvalue weighted by atomic mass is 32.1. The summed E-state index contributed by atoms with van der Waals surface area (Å²) in [6, 6.07) is 77.1. The minimum atomic E-state index is 0.899. The number of nitrogens with zero attached hydrogens (tertiary/aromatic N) is 1. The summed E-state index contributed by atoms with van der Waals surface area (Å²) in [5, 5.41) is 9.82. The van der Waals surface area contributed by atoms with Crippen LogP contribution in [0.15, 0.2) is 217 Å². The molecule has 0 fully saturated rings. The van der Waals surface area contributed by atoms with Gasteiger partial charge in [0.05, 0.1) is 5.69 Å². The molecule has 12 rings (SSSR count). The van der Waals surface area contributed by atoms with Gasteiger partial charge in [0.1, 0.15) is 11.2 Å². The summed E-state index contributed by atoms with van der Waals surface area (Å²) in [4.78, 5) is 2.46.